The van der Waals surface area contributed by atoms with Crippen molar-refractivity contribution in [3.63, 3.8) is 0 Å². The third kappa shape index (κ3) is 6.21. The van der Waals surface area contributed by atoms with E-state index < -0.39 is 18.6 Å². The van der Waals surface area contributed by atoms with Crippen LogP contribution in [0.4, 0.5) is 13.2 Å². The molecule has 0 heterocycles. The fourth-order valence-electron chi connectivity index (χ4n) is 1.12. The van der Waals surface area contributed by atoms with E-state index in [4.69, 9.17) is 4.84 Å². The highest BCUT2D eigenvalue weighted by Crippen LogP contribution is 2.11. The van der Waals surface area contributed by atoms with E-state index in [1.807, 2.05) is 0 Å². The maximum atomic E-state index is 11.7. The van der Waals surface area contributed by atoms with Gasteiger partial charge in [0, 0.05) is 12.1 Å². The Hall–Kier alpha value is -1.60. The third-order valence-corrected chi connectivity index (χ3v) is 1.91. The van der Waals surface area contributed by atoms with Crippen LogP contribution in [-0.4, -0.2) is 31.8 Å². The second kappa shape index (κ2) is 6.97. The van der Waals surface area contributed by atoms with Gasteiger partial charge < -0.3 is 5.32 Å². The van der Waals surface area contributed by atoms with Crippen LogP contribution in [0, 0.1) is 0 Å². The minimum absolute atomic E-state index is 0.00538. The van der Waals surface area contributed by atoms with Gasteiger partial charge in [0.2, 0.25) is 0 Å². The number of benzene rings is 1. The number of hydrogen-bond acceptors (Lipinski definition) is 3. The van der Waals surface area contributed by atoms with Crippen molar-refractivity contribution in [2.75, 3.05) is 19.7 Å². The van der Waals surface area contributed by atoms with Gasteiger partial charge in [0.25, 0.3) is 5.91 Å². The minimum Gasteiger partial charge on any atom is -0.306 e. The first kappa shape index (κ1) is 14.5. The van der Waals surface area contributed by atoms with E-state index in [0.29, 0.717) is 5.56 Å². The Balaban J connectivity index is 2.10. The monoisotopic (exact) mass is 262 g/mol. The molecule has 1 aromatic rings. The van der Waals surface area contributed by atoms with Crippen LogP contribution >= 0.6 is 0 Å². The molecule has 0 saturated heterocycles. The summed E-state index contributed by atoms with van der Waals surface area (Å²) in [6.07, 6.45) is -4.24. The maximum absolute atomic E-state index is 11.7. The first-order valence-electron chi connectivity index (χ1n) is 5.24. The molecule has 0 atom stereocenters. The van der Waals surface area contributed by atoms with Gasteiger partial charge in [-0.3, -0.25) is 9.63 Å². The summed E-state index contributed by atoms with van der Waals surface area (Å²) in [5.74, 6) is -0.438. The molecule has 1 amide bonds. The standard InChI is InChI=1S/C11H13F3N2O2/c12-11(13,14)8-15-6-7-18-16-10(17)9-4-2-1-3-5-9/h1-5,15H,6-8H2,(H,16,17). The lowest BCUT2D eigenvalue weighted by atomic mass is 10.2. The van der Waals surface area contributed by atoms with E-state index in [-0.39, 0.29) is 13.2 Å². The second-order valence-corrected chi connectivity index (χ2v) is 3.44. The molecule has 0 spiro atoms. The number of alkyl halides is 3. The second-order valence-electron chi connectivity index (χ2n) is 3.44. The van der Waals surface area contributed by atoms with Gasteiger partial charge in [0.05, 0.1) is 13.2 Å². The van der Waals surface area contributed by atoms with Crippen LogP contribution in [0.3, 0.4) is 0 Å². The van der Waals surface area contributed by atoms with E-state index in [1.165, 1.54) is 0 Å². The summed E-state index contributed by atoms with van der Waals surface area (Å²) in [4.78, 5) is 16.1. The molecule has 0 aliphatic rings. The minimum atomic E-state index is -4.24. The van der Waals surface area contributed by atoms with Crippen molar-refractivity contribution in [2.24, 2.45) is 0 Å². The molecule has 1 rings (SSSR count). The van der Waals surface area contributed by atoms with Gasteiger partial charge in [-0.1, -0.05) is 18.2 Å². The van der Waals surface area contributed by atoms with Gasteiger partial charge >= 0.3 is 6.18 Å². The molecule has 0 aliphatic heterocycles. The molecule has 0 aliphatic carbocycles. The molecule has 4 nitrogen and oxygen atoms in total. The third-order valence-electron chi connectivity index (χ3n) is 1.91. The van der Waals surface area contributed by atoms with E-state index >= 15 is 0 Å². The molecule has 0 aromatic heterocycles. The van der Waals surface area contributed by atoms with Crippen LogP contribution < -0.4 is 10.8 Å². The molecule has 0 unspecified atom stereocenters. The first-order valence-corrected chi connectivity index (χ1v) is 5.24. The Kier molecular flexibility index (Phi) is 5.60. The molecule has 0 radical (unpaired) electrons. The van der Waals surface area contributed by atoms with Crippen LogP contribution in [0.1, 0.15) is 10.4 Å². The lowest BCUT2D eigenvalue weighted by molar-refractivity contribution is -0.125. The first-order chi connectivity index (χ1) is 8.49. The molecule has 7 heteroatoms. The zero-order chi connectivity index (χ0) is 13.4. The molecule has 0 saturated carbocycles. The summed E-state index contributed by atoms with van der Waals surface area (Å²) in [5, 5.41) is 2.14. The predicted molar refractivity (Wildman–Crippen MR) is 58.8 cm³/mol. The molecule has 0 fully saturated rings. The van der Waals surface area contributed by atoms with Gasteiger partial charge in [-0.05, 0) is 12.1 Å². The van der Waals surface area contributed by atoms with E-state index in [1.54, 1.807) is 30.3 Å². The number of halogens is 3. The molecule has 0 bridgehead atoms. The number of amides is 1. The van der Waals surface area contributed by atoms with Gasteiger partial charge in [-0.25, -0.2) is 5.48 Å². The van der Waals surface area contributed by atoms with Crippen molar-refractivity contribution in [3.05, 3.63) is 35.9 Å². The summed E-state index contributed by atoms with van der Waals surface area (Å²) in [5.41, 5.74) is 2.55. The fourth-order valence-corrected chi connectivity index (χ4v) is 1.12. The summed E-state index contributed by atoms with van der Waals surface area (Å²) in [6, 6.07) is 8.35. The average Bonchev–Trinajstić information content (AvgIpc) is 2.33. The van der Waals surface area contributed by atoms with Gasteiger partial charge in [-0.2, -0.15) is 13.2 Å². The van der Waals surface area contributed by atoms with Gasteiger partial charge in [0.15, 0.2) is 0 Å². The Morgan fingerprint density at radius 2 is 1.89 bits per heavy atom. The number of rotatable bonds is 6. The Morgan fingerprint density at radius 3 is 2.50 bits per heavy atom. The van der Waals surface area contributed by atoms with Crippen molar-refractivity contribution >= 4 is 5.91 Å². The van der Waals surface area contributed by atoms with Gasteiger partial charge in [0.1, 0.15) is 0 Å². The smallest absolute Gasteiger partial charge is 0.306 e. The van der Waals surface area contributed by atoms with Crippen molar-refractivity contribution in [3.8, 4) is 0 Å². The highest BCUT2D eigenvalue weighted by molar-refractivity contribution is 5.93. The Morgan fingerprint density at radius 1 is 1.22 bits per heavy atom. The van der Waals surface area contributed by atoms with Gasteiger partial charge in [-0.15, -0.1) is 0 Å². The normalized spacial score (nSPS) is 11.3. The summed E-state index contributed by atoms with van der Waals surface area (Å²) < 4.78 is 35.2. The summed E-state index contributed by atoms with van der Waals surface area (Å²) in [7, 11) is 0. The lowest BCUT2D eigenvalue weighted by Crippen LogP contribution is -2.33. The van der Waals surface area contributed by atoms with Crippen LogP contribution in [0.15, 0.2) is 30.3 Å². The quantitative estimate of drug-likeness (QED) is 0.603. The topological polar surface area (TPSA) is 50.4 Å². The molecular formula is C11H13F3N2O2. The molecule has 2 N–H and O–H groups in total. The highest BCUT2D eigenvalue weighted by Gasteiger charge is 2.25. The lowest BCUT2D eigenvalue weighted by Gasteiger charge is -2.08. The fraction of sp³-hybridized carbons (Fsp3) is 0.364. The van der Waals surface area contributed by atoms with Crippen molar-refractivity contribution < 1.29 is 22.8 Å². The molecular weight excluding hydrogens is 249 g/mol. The summed E-state index contributed by atoms with van der Waals surface area (Å²) >= 11 is 0. The number of hydroxylamine groups is 1. The van der Waals surface area contributed by atoms with Crippen LogP contribution in [0.2, 0.25) is 0 Å². The van der Waals surface area contributed by atoms with E-state index in [9.17, 15) is 18.0 Å². The maximum Gasteiger partial charge on any atom is 0.401 e. The van der Waals surface area contributed by atoms with Crippen molar-refractivity contribution in [2.45, 2.75) is 6.18 Å². The number of carbonyl (C=O) groups is 1. The highest BCUT2D eigenvalue weighted by atomic mass is 19.4. The predicted octanol–water partition coefficient (Wildman–Crippen LogP) is 1.50. The number of hydrogen-bond donors (Lipinski definition) is 2. The van der Waals surface area contributed by atoms with Crippen LogP contribution in [-0.2, 0) is 4.84 Å². The number of carbonyl (C=O) groups excluding carboxylic acids is 1. The summed E-state index contributed by atoms with van der Waals surface area (Å²) in [6.45, 7) is -1.13. The average molecular weight is 262 g/mol. The van der Waals surface area contributed by atoms with E-state index in [0.717, 1.165) is 0 Å². The Bertz CT molecular complexity index is 368. The van der Waals surface area contributed by atoms with Crippen molar-refractivity contribution in [1.82, 2.24) is 10.8 Å². The molecule has 1 aromatic carbocycles. The SMILES string of the molecule is O=C(NOCCNCC(F)(F)F)c1ccccc1. The van der Waals surface area contributed by atoms with E-state index in [2.05, 4.69) is 10.8 Å². The molecule has 100 valence electrons. The largest absolute Gasteiger partial charge is 0.401 e. The Labute approximate surface area is 102 Å². The molecule has 18 heavy (non-hydrogen) atoms. The zero-order valence-electron chi connectivity index (χ0n) is 9.46. The number of nitrogens with one attached hydrogen (secondary N) is 2. The van der Waals surface area contributed by atoms with Crippen molar-refractivity contribution in [1.29, 1.82) is 0 Å². The zero-order valence-corrected chi connectivity index (χ0v) is 9.46. The van der Waals surface area contributed by atoms with Crippen LogP contribution in [0.5, 0.6) is 0 Å². The van der Waals surface area contributed by atoms with Crippen LogP contribution in [0.25, 0.3) is 0 Å².